The number of ether oxygens (including phenoxy) is 2. The summed E-state index contributed by atoms with van der Waals surface area (Å²) >= 11 is 5.96. The minimum atomic E-state index is -4.08. The van der Waals surface area contributed by atoms with Gasteiger partial charge in [-0.15, -0.1) is 0 Å². The monoisotopic (exact) mass is 513 g/mol. The van der Waals surface area contributed by atoms with Gasteiger partial charge in [0, 0.05) is 5.02 Å². The highest BCUT2D eigenvalue weighted by atomic mass is 35.5. The molecule has 0 radical (unpaired) electrons. The Bertz CT molecular complexity index is 1280. The zero-order valence-electron chi connectivity index (χ0n) is 18.9. The third-order valence-electron chi connectivity index (χ3n) is 4.70. The highest BCUT2D eigenvalue weighted by Crippen LogP contribution is 2.26. The van der Waals surface area contributed by atoms with E-state index in [-0.39, 0.29) is 10.6 Å². The van der Waals surface area contributed by atoms with Crippen molar-refractivity contribution in [2.45, 2.75) is 4.90 Å². The smallest absolute Gasteiger partial charge is 0.264 e. The van der Waals surface area contributed by atoms with Crippen LogP contribution >= 0.6 is 11.6 Å². The van der Waals surface area contributed by atoms with E-state index in [1.54, 1.807) is 42.5 Å². The molecular weight excluding hydrogens is 490 g/mol. The number of carbonyl (C=O) groups is 1. The molecule has 0 spiro atoms. The summed E-state index contributed by atoms with van der Waals surface area (Å²) in [6.45, 7) is 3.49. The van der Waals surface area contributed by atoms with Crippen LogP contribution in [0.4, 0.5) is 5.69 Å². The van der Waals surface area contributed by atoms with Crippen LogP contribution in [0.3, 0.4) is 0 Å². The average Bonchev–Trinajstić information content (AvgIpc) is 2.87. The SMILES string of the molecule is C=CCOc1ccc(/C=N\NC(=O)CN(c2ccc(Cl)cc2)S(=O)(=O)c2ccc(OC)cc2)cc1. The molecular formula is C25H24ClN3O5S. The van der Waals surface area contributed by atoms with Gasteiger partial charge in [-0.25, -0.2) is 13.8 Å². The number of amides is 1. The Morgan fingerprint density at radius 1 is 1.03 bits per heavy atom. The molecule has 0 aromatic heterocycles. The number of sulfonamides is 1. The van der Waals surface area contributed by atoms with E-state index in [0.717, 1.165) is 9.87 Å². The second-order valence-corrected chi connectivity index (χ2v) is 9.42. The number of hydrogen-bond acceptors (Lipinski definition) is 6. The molecule has 3 rings (SSSR count). The van der Waals surface area contributed by atoms with Crippen molar-refractivity contribution in [3.63, 3.8) is 0 Å². The van der Waals surface area contributed by atoms with Gasteiger partial charge in [0.2, 0.25) is 0 Å². The van der Waals surface area contributed by atoms with E-state index >= 15 is 0 Å². The van der Waals surface area contributed by atoms with Crippen LogP contribution in [-0.4, -0.2) is 40.8 Å². The molecule has 0 bridgehead atoms. The summed E-state index contributed by atoms with van der Waals surface area (Å²) in [6, 6.07) is 19.1. The molecule has 1 N–H and O–H groups in total. The van der Waals surface area contributed by atoms with E-state index in [0.29, 0.717) is 23.1 Å². The van der Waals surface area contributed by atoms with Gasteiger partial charge in [0.1, 0.15) is 24.7 Å². The Kier molecular flexibility index (Phi) is 8.88. The van der Waals surface area contributed by atoms with Gasteiger partial charge >= 0.3 is 0 Å². The predicted molar refractivity (Wildman–Crippen MR) is 137 cm³/mol. The lowest BCUT2D eigenvalue weighted by molar-refractivity contribution is -0.119. The largest absolute Gasteiger partial charge is 0.497 e. The van der Waals surface area contributed by atoms with E-state index < -0.39 is 22.5 Å². The predicted octanol–water partition coefficient (Wildman–Crippen LogP) is 4.26. The molecule has 0 saturated heterocycles. The Morgan fingerprint density at radius 2 is 1.66 bits per heavy atom. The van der Waals surface area contributed by atoms with Crippen molar-refractivity contribution in [2.24, 2.45) is 5.10 Å². The quantitative estimate of drug-likeness (QED) is 0.235. The van der Waals surface area contributed by atoms with E-state index in [1.165, 1.54) is 49.7 Å². The van der Waals surface area contributed by atoms with Crippen molar-refractivity contribution >= 4 is 39.4 Å². The maximum atomic E-state index is 13.4. The Hall–Kier alpha value is -3.82. The number of halogens is 1. The number of carbonyl (C=O) groups excluding carboxylic acids is 1. The number of benzene rings is 3. The van der Waals surface area contributed by atoms with Crippen LogP contribution in [0, 0.1) is 0 Å². The van der Waals surface area contributed by atoms with E-state index in [4.69, 9.17) is 21.1 Å². The third-order valence-corrected chi connectivity index (χ3v) is 6.74. The number of nitrogens with one attached hydrogen (secondary N) is 1. The molecule has 0 aliphatic heterocycles. The Morgan fingerprint density at radius 3 is 2.26 bits per heavy atom. The topological polar surface area (TPSA) is 97.3 Å². The molecule has 0 saturated carbocycles. The van der Waals surface area contributed by atoms with Crippen molar-refractivity contribution in [3.8, 4) is 11.5 Å². The van der Waals surface area contributed by atoms with E-state index in [9.17, 15) is 13.2 Å². The summed E-state index contributed by atoms with van der Waals surface area (Å²) in [7, 11) is -2.59. The van der Waals surface area contributed by atoms with Gasteiger partial charge in [0.05, 0.1) is 23.9 Å². The summed E-state index contributed by atoms with van der Waals surface area (Å²) in [5.41, 5.74) is 3.36. The van der Waals surface area contributed by atoms with Crippen LogP contribution in [-0.2, 0) is 14.8 Å². The zero-order valence-corrected chi connectivity index (χ0v) is 20.5. The molecule has 35 heavy (non-hydrogen) atoms. The second kappa shape index (κ2) is 12.0. The number of anilines is 1. The van der Waals surface area contributed by atoms with Crippen molar-refractivity contribution in [1.82, 2.24) is 5.43 Å². The molecule has 0 aliphatic rings. The minimum absolute atomic E-state index is 0.00307. The molecule has 0 unspecified atom stereocenters. The molecule has 3 aromatic rings. The first-order valence-corrected chi connectivity index (χ1v) is 12.2. The van der Waals surface area contributed by atoms with E-state index in [2.05, 4.69) is 17.1 Å². The number of nitrogens with zero attached hydrogens (tertiary/aromatic N) is 2. The first-order valence-electron chi connectivity index (χ1n) is 10.4. The van der Waals surface area contributed by atoms with Crippen LogP contribution < -0.4 is 19.2 Å². The van der Waals surface area contributed by atoms with Gasteiger partial charge in [-0.3, -0.25) is 9.10 Å². The number of rotatable bonds is 11. The van der Waals surface area contributed by atoms with Crippen LogP contribution in [0.2, 0.25) is 5.02 Å². The van der Waals surface area contributed by atoms with Gasteiger partial charge in [0.15, 0.2) is 0 Å². The lowest BCUT2D eigenvalue weighted by Gasteiger charge is -2.23. The van der Waals surface area contributed by atoms with Gasteiger partial charge in [0.25, 0.3) is 15.9 Å². The Labute approximate surface area is 209 Å². The third kappa shape index (κ3) is 7.08. The zero-order chi connectivity index (χ0) is 25.3. The van der Waals surface area contributed by atoms with Crippen molar-refractivity contribution in [1.29, 1.82) is 0 Å². The lowest BCUT2D eigenvalue weighted by Crippen LogP contribution is -2.39. The van der Waals surface area contributed by atoms with Crippen LogP contribution in [0.5, 0.6) is 11.5 Å². The minimum Gasteiger partial charge on any atom is -0.497 e. The fraction of sp³-hybridized carbons (Fsp3) is 0.120. The molecule has 3 aromatic carbocycles. The molecule has 10 heteroatoms. The van der Waals surface area contributed by atoms with Gasteiger partial charge in [-0.1, -0.05) is 24.3 Å². The normalized spacial score (nSPS) is 11.1. The van der Waals surface area contributed by atoms with Crippen molar-refractivity contribution in [3.05, 3.63) is 96.0 Å². The first kappa shape index (κ1) is 25.8. The summed E-state index contributed by atoms with van der Waals surface area (Å²) in [4.78, 5) is 12.6. The van der Waals surface area contributed by atoms with Crippen molar-refractivity contribution < 1.29 is 22.7 Å². The maximum Gasteiger partial charge on any atom is 0.264 e. The fourth-order valence-electron chi connectivity index (χ4n) is 2.95. The summed E-state index contributed by atoms with van der Waals surface area (Å²) in [5.74, 6) is 0.557. The van der Waals surface area contributed by atoms with Crippen LogP contribution in [0.1, 0.15) is 5.56 Å². The van der Waals surface area contributed by atoms with Crippen molar-refractivity contribution in [2.75, 3.05) is 24.6 Å². The second-order valence-electron chi connectivity index (χ2n) is 7.13. The average molecular weight is 514 g/mol. The first-order chi connectivity index (χ1) is 16.8. The summed E-state index contributed by atoms with van der Waals surface area (Å²) in [6.07, 6.45) is 3.09. The van der Waals surface area contributed by atoms with E-state index in [1.807, 2.05) is 0 Å². The molecule has 1 amide bonds. The van der Waals surface area contributed by atoms with Gasteiger partial charge < -0.3 is 9.47 Å². The highest BCUT2D eigenvalue weighted by molar-refractivity contribution is 7.92. The molecule has 0 atom stereocenters. The van der Waals surface area contributed by atoms with Crippen LogP contribution in [0.15, 0.2) is 95.4 Å². The van der Waals surface area contributed by atoms with Gasteiger partial charge in [-0.2, -0.15) is 5.10 Å². The number of hydrazone groups is 1. The fourth-order valence-corrected chi connectivity index (χ4v) is 4.49. The molecule has 0 fully saturated rings. The number of methoxy groups -OCH3 is 1. The maximum absolute atomic E-state index is 13.4. The Balaban J connectivity index is 1.75. The standard InChI is InChI=1S/C25H24ClN3O5S/c1-3-16-34-23-10-4-19(5-11-23)17-27-28-25(30)18-29(21-8-6-20(26)7-9-21)35(31,32)24-14-12-22(33-2)13-15-24/h3-15,17H,1,16,18H2,2H3,(H,28,30)/b27-17-. The van der Waals surface area contributed by atoms with Gasteiger partial charge in [-0.05, 0) is 78.4 Å². The highest BCUT2D eigenvalue weighted by Gasteiger charge is 2.27. The molecule has 0 heterocycles. The summed E-state index contributed by atoms with van der Waals surface area (Å²) < 4.78 is 38.2. The summed E-state index contributed by atoms with van der Waals surface area (Å²) in [5, 5.41) is 4.37. The van der Waals surface area contributed by atoms with Crippen LogP contribution in [0.25, 0.3) is 0 Å². The molecule has 182 valence electrons. The molecule has 0 aliphatic carbocycles. The molecule has 8 nitrogen and oxygen atoms in total. The number of hydrogen-bond donors (Lipinski definition) is 1. The lowest BCUT2D eigenvalue weighted by atomic mass is 10.2.